The zero-order chi connectivity index (χ0) is 14.7. The second-order valence-electron chi connectivity index (χ2n) is 4.57. The van der Waals surface area contributed by atoms with E-state index in [0.717, 1.165) is 0 Å². The van der Waals surface area contributed by atoms with Gasteiger partial charge in [-0.05, 0) is 19.1 Å². The van der Waals surface area contributed by atoms with Gasteiger partial charge >= 0.3 is 0 Å². The number of hydrogen-bond donors (Lipinski definition) is 1. The Balaban J connectivity index is 1.80. The Bertz CT molecular complexity index is 616. The largest absolute Gasteiger partial charge is 0.373 e. The van der Waals surface area contributed by atoms with Gasteiger partial charge in [-0.3, -0.25) is 4.79 Å². The van der Waals surface area contributed by atoms with E-state index in [1.165, 1.54) is 17.3 Å². The van der Waals surface area contributed by atoms with Gasteiger partial charge in [0, 0.05) is 6.20 Å². The number of hydrogen-bond acceptors (Lipinski definition) is 6. The van der Waals surface area contributed by atoms with Gasteiger partial charge < -0.3 is 14.8 Å². The zero-order valence-corrected chi connectivity index (χ0v) is 11.5. The first kappa shape index (κ1) is 13.7. The van der Waals surface area contributed by atoms with Crippen molar-refractivity contribution >= 4 is 11.6 Å². The van der Waals surface area contributed by atoms with Crippen LogP contribution in [0.2, 0.25) is 0 Å². The summed E-state index contributed by atoms with van der Waals surface area (Å²) in [6, 6.07) is 3.48. The predicted molar refractivity (Wildman–Crippen MR) is 72.9 cm³/mol. The van der Waals surface area contributed by atoms with Gasteiger partial charge in [0.15, 0.2) is 11.9 Å². The first-order chi connectivity index (χ1) is 10.3. The van der Waals surface area contributed by atoms with Crippen LogP contribution in [0.25, 0.3) is 5.82 Å². The molecule has 8 heteroatoms. The van der Waals surface area contributed by atoms with Crippen LogP contribution in [-0.2, 0) is 14.3 Å². The molecule has 0 spiro atoms. The van der Waals surface area contributed by atoms with Gasteiger partial charge in [0.05, 0.1) is 25.0 Å². The molecule has 1 N–H and O–H groups in total. The standard InChI is InChI=1S/C13H15N5O3/c1-9-11(21-6-5-20-9)13(19)17-10-3-2-4-15-12(10)18-8-14-7-16-18/h2-4,7-9,11H,5-6H2,1H3,(H,17,19)/t9-,11-/m0/s1. The van der Waals surface area contributed by atoms with Gasteiger partial charge in [-0.15, -0.1) is 0 Å². The van der Waals surface area contributed by atoms with E-state index in [0.29, 0.717) is 24.7 Å². The second-order valence-corrected chi connectivity index (χ2v) is 4.57. The third-order valence-corrected chi connectivity index (χ3v) is 3.13. The number of anilines is 1. The van der Waals surface area contributed by atoms with Gasteiger partial charge in [-0.25, -0.2) is 14.6 Å². The molecule has 3 heterocycles. The highest BCUT2D eigenvalue weighted by Crippen LogP contribution is 2.18. The molecular formula is C13H15N5O3. The van der Waals surface area contributed by atoms with Crippen molar-refractivity contribution in [2.75, 3.05) is 18.5 Å². The Kier molecular flexibility index (Phi) is 3.89. The molecular weight excluding hydrogens is 274 g/mol. The molecule has 0 bridgehead atoms. The third kappa shape index (κ3) is 2.91. The molecule has 1 fully saturated rings. The zero-order valence-electron chi connectivity index (χ0n) is 11.5. The summed E-state index contributed by atoms with van der Waals surface area (Å²) in [7, 11) is 0. The van der Waals surface area contributed by atoms with Crippen molar-refractivity contribution in [3.05, 3.63) is 31.0 Å². The fourth-order valence-electron chi connectivity index (χ4n) is 2.12. The lowest BCUT2D eigenvalue weighted by Crippen LogP contribution is -2.44. The molecule has 1 aliphatic heterocycles. The maximum Gasteiger partial charge on any atom is 0.256 e. The fraction of sp³-hybridized carbons (Fsp3) is 0.385. The molecule has 0 aromatic carbocycles. The number of rotatable bonds is 3. The first-order valence-electron chi connectivity index (χ1n) is 6.60. The quantitative estimate of drug-likeness (QED) is 0.879. The maximum atomic E-state index is 12.3. The first-order valence-corrected chi connectivity index (χ1v) is 6.60. The normalized spacial score (nSPS) is 22.0. The molecule has 2 atom stereocenters. The van der Waals surface area contributed by atoms with E-state index < -0.39 is 6.10 Å². The van der Waals surface area contributed by atoms with Gasteiger partial charge in [0.2, 0.25) is 0 Å². The third-order valence-electron chi connectivity index (χ3n) is 3.13. The number of nitrogens with zero attached hydrogens (tertiary/aromatic N) is 4. The van der Waals surface area contributed by atoms with Crippen molar-refractivity contribution in [2.45, 2.75) is 19.1 Å². The van der Waals surface area contributed by atoms with Crippen LogP contribution in [0.15, 0.2) is 31.0 Å². The smallest absolute Gasteiger partial charge is 0.256 e. The molecule has 8 nitrogen and oxygen atoms in total. The minimum Gasteiger partial charge on any atom is -0.373 e. The molecule has 21 heavy (non-hydrogen) atoms. The van der Waals surface area contributed by atoms with E-state index in [4.69, 9.17) is 9.47 Å². The average molecular weight is 289 g/mol. The van der Waals surface area contributed by atoms with Crippen molar-refractivity contribution in [3.63, 3.8) is 0 Å². The molecule has 0 aliphatic carbocycles. The Hall–Kier alpha value is -2.32. The summed E-state index contributed by atoms with van der Waals surface area (Å²) in [5.74, 6) is 0.226. The molecule has 2 aromatic heterocycles. The van der Waals surface area contributed by atoms with Gasteiger partial charge in [0.1, 0.15) is 12.7 Å². The SMILES string of the molecule is C[C@@H]1OCCO[C@@H]1C(=O)Nc1cccnc1-n1cncn1. The van der Waals surface area contributed by atoms with Gasteiger partial charge in [-0.1, -0.05) is 0 Å². The summed E-state index contributed by atoms with van der Waals surface area (Å²) in [5.41, 5.74) is 0.536. The van der Waals surface area contributed by atoms with Crippen LogP contribution in [0, 0.1) is 0 Å². The van der Waals surface area contributed by atoms with Crippen molar-refractivity contribution in [1.29, 1.82) is 0 Å². The van der Waals surface area contributed by atoms with E-state index in [-0.39, 0.29) is 12.0 Å². The molecule has 3 rings (SSSR count). The summed E-state index contributed by atoms with van der Waals surface area (Å²) in [6.45, 7) is 2.72. The van der Waals surface area contributed by atoms with Gasteiger partial charge in [0.25, 0.3) is 5.91 Å². The minimum absolute atomic E-state index is 0.267. The van der Waals surface area contributed by atoms with Crippen molar-refractivity contribution in [2.24, 2.45) is 0 Å². The molecule has 1 amide bonds. The summed E-state index contributed by atoms with van der Waals surface area (Å²) in [4.78, 5) is 20.4. The second kappa shape index (κ2) is 5.98. The number of carbonyl (C=O) groups excluding carboxylic acids is 1. The van der Waals surface area contributed by atoms with Crippen LogP contribution in [0.4, 0.5) is 5.69 Å². The van der Waals surface area contributed by atoms with E-state index in [1.807, 2.05) is 6.92 Å². The van der Waals surface area contributed by atoms with Crippen LogP contribution in [0.1, 0.15) is 6.92 Å². The molecule has 0 unspecified atom stereocenters. The highest BCUT2D eigenvalue weighted by molar-refractivity contribution is 5.96. The fourth-order valence-corrected chi connectivity index (χ4v) is 2.12. The predicted octanol–water partition coefficient (Wildman–Crippen LogP) is 0.405. The highest BCUT2D eigenvalue weighted by Gasteiger charge is 2.30. The Morgan fingerprint density at radius 1 is 1.43 bits per heavy atom. The van der Waals surface area contributed by atoms with Crippen LogP contribution in [0.5, 0.6) is 0 Å². The van der Waals surface area contributed by atoms with E-state index >= 15 is 0 Å². The number of pyridine rings is 1. The van der Waals surface area contributed by atoms with Crippen LogP contribution in [-0.4, -0.2) is 51.1 Å². The molecule has 2 aromatic rings. The minimum atomic E-state index is -0.637. The van der Waals surface area contributed by atoms with Crippen molar-refractivity contribution < 1.29 is 14.3 Å². The molecule has 0 saturated carbocycles. The summed E-state index contributed by atoms with van der Waals surface area (Å²) in [6.07, 6.45) is 3.62. The number of nitrogens with one attached hydrogen (secondary N) is 1. The Morgan fingerprint density at radius 2 is 2.29 bits per heavy atom. The molecule has 1 aliphatic rings. The van der Waals surface area contributed by atoms with Crippen molar-refractivity contribution in [1.82, 2.24) is 19.7 Å². The summed E-state index contributed by atoms with van der Waals surface area (Å²) >= 11 is 0. The molecule has 110 valence electrons. The lowest BCUT2D eigenvalue weighted by atomic mass is 10.2. The Labute approximate surface area is 121 Å². The van der Waals surface area contributed by atoms with E-state index in [2.05, 4.69) is 20.4 Å². The lowest BCUT2D eigenvalue weighted by molar-refractivity contribution is -0.157. The summed E-state index contributed by atoms with van der Waals surface area (Å²) in [5, 5.41) is 6.82. The van der Waals surface area contributed by atoms with Gasteiger partial charge in [-0.2, -0.15) is 5.10 Å². The monoisotopic (exact) mass is 289 g/mol. The van der Waals surface area contributed by atoms with Crippen LogP contribution >= 0.6 is 0 Å². The summed E-state index contributed by atoms with van der Waals surface area (Å²) < 4.78 is 12.4. The van der Waals surface area contributed by atoms with E-state index in [9.17, 15) is 4.79 Å². The lowest BCUT2D eigenvalue weighted by Gasteiger charge is -2.28. The van der Waals surface area contributed by atoms with E-state index in [1.54, 1.807) is 18.3 Å². The molecule has 0 radical (unpaired) electrons. The maximum absolute atomic E-state index is 12.3. The molecule has 1 saturated heterocycles. The average Bonchev–Trinajstić information content (AvgIpc) is 3.02. The van der Waals surface area contributed by atoms with Crippen LogP contribution < -0.4 is 5.32 Å². The number of aromatic nitrogens is 4. The number of amides is 1. The Morgan fingerprint density at radius 3 is 3.05 bits per heavy atom. The number of carbonyl (C=O) groups is 1. The topological polar surface area (TPSA) is 91.2 Å². The number of ether oxygens (including phenoxy) is 2. The highest BCUT2D eigenvalue weighted by atomic mass is 16.6. The van der Waals surface area contributed by atoms with Crippen molar-refractivity contribution in [3.8, 4) is 5.82 Å². The van der Waals surface area contributed by atoms with Crippen LogP contribution in [0.3, 0.4) is 0 Å².